The maximum absolute atomic E-state index is 11.5. The normalized spacial score (nSPS) is 24.1. The van der Waals surface area contributed by atoms with Crippen LogP contribution in [0.15, 0.2) is 17.1 Å². The molecule has 8 heteroatoms. The molecular formula is C15H20ClN5O2. The zero-order valence-electron chi connectivity index (χ0n) is 13.1. The monoisotopic (exact) mass is 337 g/mol. The first-order chi connectivity index (χ1) is 11.0. The van der Waals surface area contributed by atoms with E-state index in [1.165, 1.54) is 4.57 Å². The van der Waals surface area contributed by atoms with Crippen molar-refractivity contribution in [1.29, 1.82) is 0 Å². The second-order valence-electron chi connectivity index (χ2n) is 6.11. The lowest BCUT2D eigenvalue weighted by molar-refractivity contribution is 0.137. The molecule has 2 aromatic heterocycles. The van der Waals surface area contributed by atoms with Gasteiger partial charge in [-0.3, -0.25) is 4.57 Å². The Morgan fingerprint density at radius 2 is 2.30 bits per heavy atom. The van der Waals surface area contributed by atoms with Crippen LogP contribution in [0.4, 0.5) is 5.82 Å². The van der Waals surface area contributed by atoms with Gasteiger partial charge in [0.15, 0.2) is 0 Å². The summed E-state index contributed by atoms with van der Waals surface area (Å²) >= 11 is 6.22. The molecule has 0 aliphatic heterocycles. The van der Waals surface area contributed by atoms with E-state index in [4.69, 9.17) is 11.6 Å². The number of halogens is 1. The molecule has 3 N–H and O–H groups in total. The van der Waals surface area contributed by atoms with Gasteiger partial charge in [-0.1, -0.05) is 11.6 Å². The molecule has 23 heavy (non-hydrogen) atoms. The number of aliphatic hydroxyl groups excluding tert-OH is 1. The first-order valence-corrected chi connectivity index (χ1v) is 7.99. The molecule has 1 aliphatic rings. The van der Waals surface area contributed by atoms with Crippen molar-refractivity contribution in [2.75, 3.05) is 11.9 Å². The average molecular weight is 338 g/mol. The Bertz CT molecular complexity index is 757. The van der Waals surface area contributed by atoms with Crippen LogP contribution in [0.1, 0.15) is 30.1 Å². The summed E-state index contributed by atoms with van der Waals surface area (Å²) in [5, 5.41) is 20.6. The molecule has 2 heterocycles. The molecule has 0 spiro atoms. The van der Waals surface area contributed by atoms with Crippen molar-refractivity contribution < 1.29 is 5.11 Å². The number of aliphatic hydroxyl groups is 1. The van der Waals surface area contributed by atoms with Crippen LogP contribution in [0.5, 0.6) is 0 Å². The van der Waals surface area contributed by atoms with Crippen LogP contribution in [0, 0.1) is 12.8 Å². The highest BCUT2D eigenvalue weighted by molar-refractivity contribution is 6.33. The molecule has 2 aromatic rings. The minimum absolute atomic E-state index is 0.0604. The summed E-state index contributed by atoms with van der Waals surface area (Å²) in [7, 11) is 1.69. The van der Waals surface area contributed by atoms with Crippen molar-refractivity contribution in [3.05, 3.63) is 39.2 Å². The van der Waals surface area contributed by atoms with Crippen LogP contribution in [-0.2, 0) is 7.05 Å². The summed E-state index contributed by atoms with van der Waals surface area (Å²) in [6, 6.07) is 1.85. The van der Waals surface area contributed by atoms with Crippen molar-refractivity contribution in [3.63, 3.8) is 0 Å². The molecule has 1 fully saturated rings. The molecule has 1 aliphatic carbocycles. The SMILES string of the molecule is Cc1ccnc(NC[C@H]2C[C@H](c3n[nH]c(=O)n3C)C[C@H]2O)c1Cl. The van der Waals surface area contributed by atoms with Gasteiger partial charge in [-0.15, -0.1) is 0 Å². The van der Waals surface area contributed by atoms with Crippen LogP contribution in [0.25, 0.3) is 0 Å². The van der Waals surface area contributed by atoms with Gasteiger partial charge in [-0.25, -0.2) is 14.9 Å². The van der Waals surface area contributed by atoms with Gasteiger partial charge in [0, 0.05) is 31.6 Å². The van der Waals surface area contributed by atoms with Crippen molar-refractivity contribution in [3.8, 4) is 0 Å². The molecular weight excluding hydrogens is 318 g/mol. The molecule has 7 nitrogen and oxygen atoms in total. The first kappa shape index (κ1) is 16.0. The van der Waals surface area contributed by atoms with E-state index >= 15 is 0 Å². The zero-order valence-corrected chi connectivity index (χ0v) is 13.8. The number of H-pyrrole nitrogens is 1. The summed E-state index contributed by atoms with van der Waals surface area (Å²) in [5.41, 5.74) is 0.729. The Morgan fingerprint density at radius 1 is 1.52 bits per heavy atom. The molecule has 0 amide bonds. The third-order valence-electron chi connectivity index (χ3n) is 4.55. The molecule has 3 rings (SSSR count). The molecule has 0 bridgehead atoms. The number of aryl methyl sites for hydroxylation is 1. The second-order valence-corrected chi connectivity index (χ2v) is 6.49. The number of aromatic amines is 1. The number of hydrogen-bond donors (Lipinski definition) is 3. The smallest absolute Gasteiger partial charge is 0.343 e. The fourth-order valence-electron chi connectivity index (χ4n) is 3.15. The topological polar surface area (TPSA) is 95.8 Å². The van der Waals surface area contributed by atoms with E-state index in [0.717, 1.165) is 12.0 Å². The van der Waals surface area contributed by atoms with Crippen LogP contribution in [-0.4, -0.2) is 37.5 Å². The summed E-state index contributed by atoms with van der Waals surface area (Å²) in [6.45, 7) is 2.50. The van der Waals surface area contributed by atoms with E-state index in [2.05, 4.69) is 20.5 Å². The minimum Gasteiger partial charge on any atom is -0.393 e. The van der Waals surface area contributed by atoms with Gasteiger partial charge < -0.3 is 10.4 Å². The highest BCUT2D eigenvalue weighted by Gasteiger charge is 2.36. The van der Waals surface area contributed by atoms with Crippen LogP contribution in [0.2, 0.25) is 5.02 Å². The molecule has 3 atom stereocenters. The van der Waals surface area contributed by atoms with Crippen molar-refractivity contribution in [2.24, 2.45) is 13.0 Å². The molecule has 0 radical (unpaired) electrons. The lowest BCUT2D eigenvalue weighted by Crippen LogP contribution is -2.22. The van der Waals surface area contributed by atoms with Gasteiger partial charge in [0.1, 0.15) is 11.6 Å². The molecule has 1 saturated carbocycles. The van der Waals surface area contributed by atoms with E-state index < -0.39 is 6.10 Å². The summed E-state index contributed by atoms with van der Waals surface area (Å²) in [4.78, 5) is 15.7. The first-order valence-electron chi connectivity index (χ1n) is 7.61. The number of pyridine rings is 1. The Hall–Kier alpha value is -1.86. The van der Waals surface area contributed by atoms with Crippen molar-refractivity contribution in [1.82, 2.24) is 19.7 Å². The van der Waals surface area contributed by atoms with Gasteiger partial charge in [-0.2, -0.15) is 5.10 Å². The maximum atomic E-state index is 11.5. The number of hydrogen-bond acceptors (Lipinski definition) is 5. The quantitative estimate of drug-likeness (QED) is 0.784. The van der Waals surface area contributed by atoms with Crippen molar-refractivity contribution in [2.45, 2.75) is 31.8 Å². The number of nitrogens with zero attached hydrogens (tertiary/aromatic N) is 3. The average Bonchev–Trinajstić information content (AvgIpc) is 3.04. The van der Waals surface area contributed by atoms with Crippen LogP contribution >= 0.6 is 11.6 Å². The third kappa shape index (κ3) is 3.11. The van der Waals surface area contributed by atoms with E-state index in [1.54, 1.807) is 13.2 Å². The Morgan fingerprint density at radius 3 is 3.00 bits per heavy atom. The number of aromatic nitrogens is 4. The molecule has 0 aromatic carbocycles. The Labute approximate surface area is 138 Å². The van der Waals surface area contributed by atoms with E-state index in [1.807, 2.05) is 13.0 Å². The van der Waals surface area contributed by atoms with Crippen molar-refractivity contribution >= 4 is 17.4 Å². The third-order valence-corrected chi connectivity index (χ3v) is 5.03. The Kier molecular flexibility index (Phi) is 4.41. The summed E-state index contributed by atoms with van der Waals surface area (Å²) < 4.78 is 1.51. The second kappa shape index (κ2) is 6.33. The highest BCUT2D eigenvalue weighted by Crippen LogP contribution is 2.37. The van der Waals surface area contributed by atoms with Gasteiger partial charge in [0.05, 0.1) is 11.1 Å². The van der Waals surface area contributed by atoms with E-state index in [0.29, 0.717) is 29.6 Å². The molecule has 0 saturated heterocycles. The lowest BCUT2D eigenvalue weighted by Gasteiger charge is -2.16. The number of rotatable bonds is 4. The minimum atomic E-state index is -0.442. The van der Waals surface area contributed by atoms with Gasteiger partial charge in [-0.05, 0) is 31.4 Å². The fraction of sp³-hybridized carbons (Fsp3) is 0.533. The highest BCUT2D eigenvalue weighted by atomic mass is 35.5. The van der Waals surface area contributed by atoms with Crippen LogP contribution in [0.3, 0.4) is 0 Å². The lowest BCUT2D eigenvalue weighted by atomic mass is 10.0. The summed E-state index contributed by atoms with van der Waals surface area (Å²) in [5.74, 6) is 1.46. The summed E-state index contributed by atoms with van der Waals surface area (Å²) in [6.07, 6.45) is 2.62. The predicted octanol–water partition coefficient (Wildman–Crippen LogP) is 1.43. The van der Waals surface area contributed by atoms with Gasteiger partial charge >= 0.3 is 5.69 Å². The standard InChI is InChI=1S/C15H20ClN5O2/c1-8-3-4-17-13(12(8)16)18-7-10-5-9(6-11(10)22)14-19-20-15(23)21(14)2/h3-4,9-11,22H,5-7H2,1-2H3,(H,17,18)(H,20,23)/t9-,10+,11+/m0/s1. The largest absolute Gasteiger partial charge is 0.393 e. The fourth-order valence-corrected chi connectivity index (χ4v) is 3.33. The van der Waals surface area contributed by atoms with E-state index in [9.17, 15) is 9.90 Å². The molecule has 0 unspecified atom stereocenters. The Balaban J connectivity index is 1.67. The van der Waals surface area contributed by atoms with Gasteiger partial charge in [0.25, 0.3) is 0 Å². The number of nitrogens with one attached hydrogen (secondary N) is 2. The molecule has 124 valence electrons. The predicted molar refractivity (Wildman–Crippen MR) is 87.8 cm³/mol. The van der Waals surface area contributed by atoms with Gasteiger partial charge in [0.2, 0.25) is 0 Å². The van der Waals surface area contributed by atoms with E-state index in [-0.39, 0.29) is 17.5 Å². The maximum Gasteiger partial charge on any atom is 0.343 e. The number of anilines is 1. The zero-order chi connectivity index (χ0) is 16.6. The van der Waals surface area contributed by atoms with Crippen LogP contribution < -0.4 is 11.0 Å².